The van der Waals surface area contributed by atoms with Crippen molar-refractivity contribution < 1.29 is 28.2 Å². The van der Waals surface area contributed by atoms with E-state index in [2.05, 4.69) is 20.3 Å². The van der Waals surface area contributed by atoms with E-state index in [1.54, 1.807) is 41.3 Å². The Morgan fingerprint density at radius 1 is 1.11 bits per heavy atom. The number of hydrogen-bond donors (Lipinski definition) is 3. The number of nitrogens with one attached hydrogen (secondary N) is 1. The SMILES string of the molecule is Cc1cc(Nc2nccn3c(-c4ccc(OCc5cccnc5)c(F)c4F)cnc23)ccc1C(=O)N1CCC(CN)CC1.O=CO. The van der Waals surface area contributed by atoms with Gasteiger partial charge in [-0.05, 0) is 74.2 Å². The van der Waals surface area contributed by atoms with Gasteiger partial charge in [0.2, 0.25) is 5.82 Å². The van der Waals surface area contributed by atoms with Gasteiger partial charge < -0.3 is 25.8 Å². The Morgan fingerprint density at radius 2 is 1.89 bits per heavy atom. The Labute approximate surface area is 263 Å². The van der Waals surface area contributed by atoms with Crippen molar-refractivity contribution in [2.24, 2.45) is 11.7 Å². The van der Waals surface area contributed by atoms with Crippen LogP contribution in [-0.4, -0.2) is 61.4 Å². The summed E-state index contributed by atoms with van der Waals surface area (Å²) >= 11 is 0. The molecular formula is C33H33F2N7O4. The van der Waals surface area contributed by atoms with E-state index in [0.29, 0.717) is 54.0 Å². The zero-order chi connectivity index (χ0) is 32.6. The molecule has 46 heavy (non-hydrogen) atoms. The van der Waals surface area contributed by atoms with Crippen LogP contribution < -0.4 is 15.8 Å². The van der Waals surface area contributed by atoms with E-state index in [0.717, 1.165) is 24.0 Å². The first-order chi connectivity index (χ1) is 22.3. The average molecular weight is 630 g/mol. The van der Waals surface area contributed by atoms with Crippen LogP contribution in [0, 0.1) is 24.5 Å². The van der Waals surface area contributed by atoms with Crippen molar-refractivity contribution in [2.45, 2.75) is 26.4 Å². The lowest BCUT2D eigenvalue weighted by Crippen LogP contribution is -2.40. The van der Waals surface area contributed by atoms with E-state index in [9.17, 15) is 4.79 Å². The predicted octanol–water partition coefficient (Wildman–Crippen LogP) is 5.21. The summed E-state index contributed by atoms with van der Waals surface area (Å²) < 4.78 is 37.4. The topological polar surface area (TPSA) is 148 Å². The second kappa shape index (κ2) is 14.6. The number of halogens is 2. The monoisotopic (exact) mass is 629 g/mol. The van der Waals surface area contributed by atoms with Crippen LogP contribution in [0.15, 0.2) is 73.4 Å². The molecule has 6 rings (SSSR count). The number of nitrogens with two attached hydrogens (primary N) is 1. The number of benzene rings is 2. The third-order valence-corrected chi connectivity index (χ3v) is 7.82. The van der Waals surface area contributed by atoms with Gasteiger partial charge in [-0.15, -0.1) is 0 Å². The van der Waals surface area contributed by atoms with Crippen molar-refractivity contribution in [3.63, 3.8) is 0 Å². The molecule has 0 aliphatic carbocycles. The Hall–Kier alpha value is -5.43. The highest BCUT2D eigenvalue weighted by atomic mass is 19.2. The molecule has 0 unspecified atom stereocenters. The van der Waals surface area contributed by atoms with Crippen molar-refractivity contribution in [1.29, 1.82) is 0 Å². The molecule has 13 heteroatoms. The molecule has 0 saturated carbocycles. The molecule has 1 aliphatic rings. The maximum Gasteiger partial charge on any atom is 0.290 e. The van der Waals surface area contributed by atoms with Crippen LogP contribution >= 0.6 is 0 Å². The molecule has 0 radical (unpaired) electrons. The fourth-order valence-electron chi connectivity index (χ4n) is 5.35. The fourth-order valence-corrected chi connectivity index (χ4v) is 5.35. The summed E-state index contributed by atoms with van der Waals surface area (Å²) in [5.74, 6) is -1.41. The number of carboxylic acid groups (broad SMARTS) is 1. The third kappa shape index (κ3) is 6.94. The highest BCUT2D eigenvalue weighted by molar-refractivity contribution is 5.96. The molecule has 5 aromatic rings. The molecule has 1 aliphatic heterocycles. The van der Waals surface area contributed by atoms with Gasteiger partial charge in [-0.1, -0.05) is 6.07 Å². The Bertz CT molecular complexity index is 1830. The summed E-state index contributed by atoms with van der Waals surface area (Å²) in [6.07, 6.45) is 9.72. The quantitative estimate of drug-likeness (QED) is 0.197. The van der Waals surface area contributed by atoms with Crippen LogP contribution in [0.4, 0.5) is 20.3 Å². The lowest BCUT2D eigenvalue weighted by molar-refractivity contribution is -0.122. The normalized spacial score (nSPS) is 13.2. The molecule has 4 N–H and O–H groups in total. The number of likely N-dealkylation sites (tertiary alicyclic amines) is 1. The van der Waals surface area contributed by atoms with Crippen molar-refractivity contribution in [2.75, 3.05) is 25.0 Å². The Kier molecular flexibility index (Phi) is 10.1. The number of ether oxygens (including phenoxy) is 1. The third-order valence-electron chi connectivity index (χ3n) is 7.82. The molecule has 11 nitrogen and oxygen atoms in total. The van der Waals surface area contributed by atoms with Gasteiger partial charge in [0.15, 0.2) is 23.0 Å². The highest BCUT2D eigenvalue weighted by Gasteiger charge is 2.24. The minimum absolute atomic E-state index is 0.0143. The van der Waals surface area contributed by atoms with Gasteiger partial charge in [-0.25, -0.2) is 14.4 Å². The van der Waals surface area contributed by atoms with E-state index in [4.69, 9.17) is 20.4 Å². The largest absolute Gasteiger partial charge is 0.486 e. The van der Waals surface area contributed by atoms with Crippen LogP contribution in [0.2, 0.25) is 0 Å². The van der Waals surface area contributed by atoms with Gasteiger partial charge >= 0.3 is 0 Å². The van der Waals surface area contributed by atoms with Crippen molar-refractivity contribution in [1.82, 2.24) is 24.3 Å². The van der Waals surface area contributed by atoms with Crippen LogP contribution in [0.1, 0.15) is 34.3 Å². The van der Waals surface area contributed by atoms with Crippen LogP contribution in [0.25, 0.3) is 16.9 Å². The van der Waals surface area contributed by atoms with Gasteiger partial charge in [0.05, 0.1) is 11.9 Å². The smallest absolute Gasteiger partial charge is 0.290 e. The summed E-state index contributed by atoms with van der Waals surface area (Å²) in [7, 11) is 0. The number of hydrogen-bond acceptors (Lipinski definition) is 8. The molecule has 4 heterocycles. The number of anilines is 2. The van der Waals surface area contributed by atoms with Gasteiger partial charge in [0.1, 0.15) is 6.61 Å². The molecule has 0 spiro atoms. The Balaban J connectivity index is 0.00000134. The van der Waals surface area contributed by atoms with E-state index in [-0.39, 0.29) is 30.3 Å². The number of amides is 1. The summed E-state index contributed by atoms with van der Waals surface area (Å²) in [6.45, 7) is 3.77. The molecule has 1 saturated heterocycles. The number of aryl methyl sites for hydroxylation is 1. The number of piperidine rings is 1. The molecule has 3 aromatic heterocycles. The maximum absolute atomic E-state index is 15.3. The summed E-state index contributed by atoms with van der Waals surface area (Å²) in [5.41, 5.74) is 9.53. The molecular weight excluding hydrogens is 596 g/mol. The molecule has 1 amide bonds. The van der Waals surface area contributed by atoms with E-state index >= 15 is 8.78 Å². The average Bonchev–Trinajstić information content (AvgIpc) is 3.51. The lowest BCUT2D eigenvalue weighted by atomic mass is 9.96. The second-order valence-electron chi connectivity index (χ2n) is 10.7. The number of carbonyl (C=O) groups excluding carboxylic acids is 1. The number of nitrogens with zero attached hydrogens (tertiary/aromatic N) is 5. The number of pyridine rings is 1. The van der Waals surface area contributed by atoms with Crippen LogP contribution in [0.3, 0.4) is 0 Å². The molecule has 0 atom stereocenters. The molecule has 1 fully saturated rings. The second-order valence-corrected chi connectivity index (χ2v) is 10.7. The van der Waals surface area contributed by atoms with E-state index in [1.165, 1.54) is 18.3 Å². The first-order valence-corrected chi connectivity index (χ1v) is 14.6. The van der Waals surface area contributed by atoms with E-state index in [1.807, 2.05) is 30.0 Å². The molecule has 238 valence electrons. The standard InChI is InChI=1S/C32H31F2N7O2.CH2O2/c1-20-15-23(4-5-24(20)32(42)40-12-8-21(16-35)9-13-40)39-30-31-38-18-26(41(31)14-11-37-30)25-6-7-27(29(34)28(25)33)43-19-22-3-2-10-36-17-22;2-1-3/h2-7,10-11,14-15,17-18,21H,8-9,12-13,16,19,35H2,1H3,(H,37,39);1H,(H,2,3). The summed E-state index contributed by atoms with van der Waals surface area (Å²) in [5, 5.41) is 10.1. The minimum atomic E-state index is -1.09. The van der Waals surface area contributed by atoms with Crippen LogP contribution in [0.5, 0.6) is 5.75 Å². The first kappa shape index (κ1) is 32.0. The van der Waals surface area contributed by atoms with Gasteiger partial charge in [-0.2, -0.15) is 4.39 Å². The minimum Gasteiger partial charge on any atom is -0.486 e. The zero-order valence-corrected chi connectivity index (χ0v) is 25.1. The summed E-state index contributed by atoms with van der Waals surface area (Å²) in [6, 6.07) is 11.9. The van der Waals surface area contributed by atoms with Gasteiger partial charge in [0.25, 0.3) is 12.4 Å². The summed E-state index contributed by atoms with van der Waals surface area (Å²) in [4.78, 5) is 36.3. The highest BCUT2D eigenvalue weighted by Crippen LogP contribution is 2.32. The number of rotatable bonds is 8. The number of fused-ring (bicyclic) bond motifs is 1. The number of carbonyl (C=O) groups is 2. The van der Waals surface area contributed by atoms with Crippen molar-refractivity contribution >= 4 is 29.5 Å². The number of imidazole rings is 1. The fraction of sp³-hybridized carbons (Fsp3) is 0.242. The Morgan fingerprint density at radius 3 is 2.59 bits per heavy atom. The van der Waals surface area contributed by atoms with Crippen molar-refractivity contribution in [3.8, 4) is 17.0 Å². The van der Waals surface area contributed by atoms with Crippen molar-refractivity contribution in [3.05, 3.63) is 102 Å². The predicted molar refractivity (Wildman–Crippen MR) is 168 cm³/mol. The van der Waals surface area contributed by atoms with Gasteiger partial charge in [-0.3, -0.25) is 19.0 Å². The molecule has 2 aromatic carbocycles. The number of aromatic nitrogens is 4. The first-order valence-electron chi connectivity index (χ1n) is 14.6. The van der Waals surface area contributed by atoms with Crippen LogP contribution in [-0.2, 0) is 11.4 Å². The lowest BCUT2D eigenvalue weighted by Gasteiger charge is -2.31. The zero-order valence-electron chi connectivity index (χ0n) is 25.1. The maximum atomic E-state index is 15.3. The van der Waals surface area contributed by atoms with E-state index < -0.39 is 11.6 Å². The van der Waals surface area contributed by atoms with Gasteiger partial charge in [0, 0.05) is 60.3 Å². The molecule has 0 bridgehead atoms.